The summed E-state index contributed by atoms with van der Waals surface area (Å²) in [6.07, 6.45) is 7.75. The highest BCUT2D eigenvalue weighted by Gasteiger charge is 2.30. The zero-order valence-electron chi connectivity index (χ0n) is 18.7. The topological polar surface area (TPSA) is 50.6 Å². The fraction of sp³-hybridized carbons (Fsp3) is 0.385. The summed E-state index contributed by atoms with van der Waals surface area (Å²) in [6, 6.07) is 14.3. The molecule has 0 saturated carbocycles. The van der Waals surface area contributed by atoms with Crippen LogP contribution < -0.4 is 4.74 Å². The summed E-state index contributed by atoms with van der Waals surface area (Å²) in [7, 11) is 1.92. The molecule has 2 aliphatic rings. The zero-order chi connectivity index (χ0) is 21.9. The minimum atomic E-state index is 0.0601. The van der Waals surface area contributed by atoms with Gasteiger partial charge in [0.15, 0.2) is 0 Å². The Bertz CT molecular complexity index is 1080. The first-order chi connectivity index (χ1) is 15.7. The molecule has 0 N–H and O–H groups in total. The number of ether oxygens (including phenoxy) is 1. The number of fused-ring (bicyclic) bond motifs is 1. The molecule has 6 heteroatoms. The standard InChI is InChI=1S/C26H30N4O2/c1-28-18-23(16-27-28)21-10-8-20(9-11-21)17-30-19-22-6-5-7-24(25(22)26(30)31)32-15-14-29-12-3-2-4-13-29/h5-11,16,18H,2-4,12-15,17,19H2,1H3. The molecule has 3 heterocycles. The normalized spacial score (nSPS) is 16.4. The van der Waals surface area contributed by atoms with Gasteiger partial charge in [0.2, 0.25) is 0 Å². The van der Waals surface area contributed by atoms with Crippen molar-refractivity contribution in [2.75, 3.05) is 26.2 Å². The van der Waals surface area contributed by atoms with Crippen LogP contribution in [0.4, 0.5) is 0 Å². The van der Waals surface area contributed by atoms with E-state index in [2.05, 4.69) is 34.3 Å². The van der Waals surface area contributed by atoms with E-state index in [1.807, 2.05) is 42.5 Å². The van der Waals surface area contributed by atoms with Crippen LogP contribution in [-0.2, 0) is 20.1 Å². The Kier molecular flexibility index (Phi) is 5.95. The van der Waals surface area contributed by atoms with Crippen molar-refractivity contribution < 1.29 is 9.53 Å². The van der Waals surface area contributed by atoms with Crippen LogP contribution in [0.25, 0.3) is 11.1 Å². The van der Waals surface area contributed by atoms with Gasteiger partial charge in [-0.05, 0) is 48.7 Å². The summed E-state index contributed by atoms with van der Waals surface area (Å²) in [5.74, 6) is 0.781. The second kappa shape index (κ2) is 9.17. The van der Waals surface area contributed by atoms with Crippen LogP contribution in [0.3, 0.4) is 0 Å². The summed E-state index contributed by atoms with van der Waals surface area (Å²) in [6.45, 7) is 5.07. The first-order valence-electron chi connectivity index (χ1n) is 11.5. The van der Waals surface area contributed by atoms with Gasteiger partial charge < -0.3 is 9.64 Å². The highest BCUT2D eigenvalue weighted by atomic mass is 16.5. The molecular weight excluding hydrogens is 400 g/mol. The molecule has 0 unspecified atom stereocenters. The number of hydrogen-bond donors (Lipinski definition) is 0. The third-order valence-corrected chi connectivity index (χ3v) is 6.45. The van der Waals surface area contributed by atoms with E-state index in [1.165, 1.54) is 19.3 Å². The lowest BCUT2D eigenvalue weighted by molar-refractivity contribution is 0.0763. The molecule has 0 aliphatic carbocycles. The first-order valence-corrected chi connectivity index (χ1v) is 11.5. The number of nitrogens with zero attached hydrogens (tertiary/aromatic N) is 4. The second-order valence-corrected chi connectivity index (χ2v) is 8.80. The van der Waals surface area contributed by atoms with Crippen LogP contribution >= 0.6 is 0 Å². The lowest BCUT2D eigenvalue weighted by atomic mass is 10.1. The summed E-state index contributed by atoms with van der Waals surface area (Å²) in [5, 5.41) is 4.24. The third kappa shape index (κ3) is 4.41. The summed E-state index contributed by atoms with van der Waals surface area (Å²) in [5.41, 5.74) is 5.12. The van der Waals surface area contributed by atoms with Crippen LogP contribution in [0.2, 0.25) is 0 Å². The van der Waals surface area contributed by atoms with Crippen LogP contribution in [0.15, 0.2) is 54.9 Å². The Hall–Kier alpha value is -3.12. The monoisotopic (exact) mass is 430 g/mol. The molecule has 6 nitrogen and oxygen atoms in total. The molecule has 32 heavy (non-hydrogen) atoms. The van der Waals surface area contributed by atoms with Crippen molar-refractivity contribution in [3.63, 3.8) is 0 Å². The fourth-order valence-electron chi connectivity index (χ4n) is 4.70. The smallest absolute Gasteiger partial charge is 0.258 e. The lowest BCUT2D eigenvalue weighted by Gasteiger charge is -2.26. The van der Waals surface area contributed by atoms with Gasteiger partial charge in [-0.3, -0.25) is 14.4 Å². The Labute approximate surface area is 189 Å². The molecule has 2 aliphatic heterocycles. The predicted molar refractivity (Wildman–Crippen MR) is 124 cm³/mol. The summed E-state index contributed by atoms with van der Waals surface area (Å²) >= 11 is 0. The Morgan fingerprint density at radius 2 is 1.81 bits per heavy atom. The van der Waals surface area contributed by atoms with Gasteiger partial charge in [0, 0.05) is 38.4 Å². The molecule has 0 bridgehead atoms. The van der Waals surface area contributed by atoms with Crippen molar-refractivity contribution in [2.45, 2.75) is 32.4 Å². The molecular formula is C26H30N4O2. The Morgan fingerprint density at radius 3 is 2.56 bits per heavy atom. The molecule has 2 aromatic carbocycles. The van der Waals surface area contributed by atoms with Crippen molar-refractivity contribution in [2.24, 2.45) is 7.05 Å². The van der Waals surface area contributed by atoms with Gasteiger partial charge in [0.05, 0.1) is 11.8 Å². The van der Waals surface area contributed by atoms with Crippen LogP contribution in [0.1, 0.15) is 40.7 Å². The van der Waals surface area contributed by atoms with Crippen LogP contribution in [0, 0.1) is 0 Å². The number of piperidine rings is 1. The molecule has 166 valence electrons. The summed E-state index contributed by atoms with van der Waals surface area (Å²) in [4.78, 5) is 17.6. The number of likely N-dealkylation sites (tertiary alicyclic amines) is 1. The third-order valence-electron chi connectivity index (χ3n) is 6.45. The number of carbonyl (C=O) groups is 1. The highest BCUT2D eigenvalue weighted by molar-refractivity contribution is 6.01. The van der Waals surface area contributed by atoms with Crippen molar-refractivity contribution in [1.29, 1.82) is 0 Å². The van der Waals surface area contributed by atoms with Gasteiger partial charge >= 0.3 is 0 Å². The highest BCUT2D eigenvalue weighted by Crippen LogP contribution is 2.32. The van der Waals surface area contributed by atoms with Gasteiger partial charge in [0.25, 0.3) is 5.91 Å². The van der Waals surface area contributed by atoms with E-state index < -0.39 is 0 Å². The maximum absolute atomic E-state index is 13.2. The van der Waals surface area contributed by atoms with E-state index >= 15 is 0 Å². The molecule has 3 aromatic rings. The number of aromatic nitrogens is 2. The number of carbonyl (C=O) groups excluding carboxylic acids is 1. The number of rotatable bonds is 7. The number of amides is 1. The second-order valence-electron chi connectivity index (χ2n) is 8.80. The zero-order valence-corrected chi connectivity index (χ0v) is 18.7. The molecule has 5 rings (SSSR count). The number of benzene rings is 2. The van der Waals surface area contributed by atoms with E-state index in [-0.39, 0.29) is 5.91 Å². The van der Waals surface area contributed by atoms with Crippen LogP contribution in [0.5, 0.6) is 5.75 Å². The molecule has 1 aromatic heterocycles. The van der Waals surface area contributed by atoms with Crippen LogP contribution in [-0.4, -0.2) is 51.7 Å². The minimum Gasteiger partial charge on any atom is -0.491 e. The van der Waals surface area contributed by atoms with Gasteiger partial charge in [0.1, 0.15) is 12.4 Å². The summed E-state index contributed by atoms with van der Waals surface area (Å²) < 4.78 is 7.89. The maximum atomic E-state index is 13.2. The number of hydrogen-bond acceptors (Lipinski definition) is 4. The molecule has 1 amide bonds. The lowest BCUT2D eigenvalue weighted by Crippen LogP contribution is -2.33. The van der Waals surface area contributed by atoms with Crippen molar-refractivity contribution >= 4 is 5.91 Å². The molecule has 1 saturated heterocycles. The van der Waals surface area contributed by atoms with Gasteiger partial charge in [-0.15, -0.1) is 0 Å². The predicted octanol–water partition coefficient (Wildman–Crippen LogP) is 4.11. The van der Waals surface area contributed by atoms with Gasteiger partial charge in [-0.1, -0.05) is 42.8 Å². The van der Waals surface area contributed by atoms with E-state index in [9.17, 15) is 4.79 Å². The Balaban J connectivity index is 1.22. The van der Waals surface area contributed by atoms with Crippen molar-refractivity contribution in [1.82, 2.24) is 19.6 Å². The maximum Gasteiger partial charge on any atom is 0.258 e. The van der Waals surface area contributed by atoms with Crippen molar-refractivity contribution in [3.8, 4) is 16.9 Å². The molecule has 1 fully saturated rings. The molecule has 0 spiro atoms. The van der Waals surface area contributed by atoms with E-state index in [0.717, 1.165) is 53.2 Å². The minimum absolute atomic E-state index is 0.0601. The Morgan fingerprint density at radius 1 is 1.00 bits per heavy atom. The average molecular weight is 431 g/mol. The average Bonchev–Trinajstić information content (AvgIpc) is 3.39. The van der Waals surface area contributed by atoms with E-state index in [1.54, 1.807) is 4.68 Å². The fourth-order valence-corrected chi connectivity index (χ4v) is 4.70. The molecule has 0 atom stereocenters. The SMILES string of the molecule is Cn1cc(-c2ccc(CN3Cc4cccc(OCCN5CCCCC5)c4C3=O)cc2)cn1. The van der Waals surface area contributed by atoms with Crippen molar-refractivity contribution in [3.05, 3.63) is 71.5 Å². The quantitative estimate of drug-likeness (QED) is 0.566. The van der Waals surface area contributed by atoms with E-state index in [0.29, 0.717) is 19.7 Å². The number of aryl methyl sites for hydroxylation is 1. The largest absolute Gasteiger partial charge is 0.491 e. The molecule has 0 radical (unpaired) electrons. The van der Waals surface area contributed by atoms with E-state index in [4.69, 9.17) is 4.74 Å². The first kappa shape index (κ1) is 20.8. The van der Waals surface area contributed by atoms with Gasteiger partial charge in [-0.2, -0.15) is 5.10 Å². The van der Waals surface area contributed by atoms with Gasteiger partial charge in [-0.25, -0.2) is 0 Å².